The van der Waals surface area contributed by atoms with Crippen LogP contribution in [0.5, 0.6) is 17.4 Å². The second kappa shape index (κ2) is 7.04. The number of rotatable bonds is 6. The third kappa shape index (κ3) is 4.16. The Labute approximate surface area is 123 Å². The molecule has 1 N–H and O–H groups in total. The third-order valence-electron chi connectivity index (χ3n) is 2.91. The van der Waals surface area contributed by atoms with Crippen LogP contribution in [0.15, 0.2) is 36.5 Å². The van der Waals surface area contributed by atoms with Gasteiger partial charge in [0.25, 0.3) is 5.88 Å². The van der Waals surface area contributed by atoms with Crippen LogP contribution in [0.25, 0.3) is 0 Å². The summed E-state index contributed by atoms with van der Waals surface area (Å²) in [6.07, 6.45) is 1.54. The SMILES string of the molecule is COc1ccc(Oc2nccc(CNC(C)C)c2F)cc1. The van der Waals surface area contributed by atoms with E-state index in [2.05, 4.69) is 10.3 Å². The predicted molar refractivity (Wildman–Crippen MR) is 79.2 cm³/mol. The van der Waals surface area contributed by atoms with Gasteiger partial charge in [-0.2, -0.15) is 0 Å². The summed E-state index contributed by atoms with van der Waals surface area (Å²) in [6, 6.07) is 8.84. The summed E-state index contributed by atoms with van der Waals surface area (Å²) in [5.74, 6) is 0.756. The Morgan fingerprint density at radius 3 is 2.43 bits per heavy atom. The third-order valence-corrected chi connectivity index (χ3v) is 2.91. The van der Waals surface area contributed by atoms with E-state index < -0.39 is 5.82 Å². The fraction of sp³-hybridized carbons (Fsp3) is 0.312. The molecule has 0 bridgehead atoms. The maximum absolute atomic E-state index is 14.3. The number of halogens is 1. The quantitative estimate of drug-likeness (QED) is 0.884. The van der Waals surface area contributed by atoms with Gasteiger partial charge in [-0.05, 0) is 30.3 Å². The maximum atomic E-state index is 14.3. The molecule has 1 aromatic heterocycles. The summed E-state index contributed by atoms with van der Waals surface area (Å²) in [4.78, 5) is 3.95. The normalized spacial score (nSPS) is 10.7. The minimum atomic E-state index is -0.443. The Bertz CT molecular complexity index is 585. The molecule has 0 spiro atoms. The molecule has 0 aliphatic carbocycles. The van der Waals surface area contributed by atoms with E-state index in [1.165, 1.54) is 0 Å². The predicted octanol–water partition coefficient (Wildman–Crippen LogP) is 3.52. The standard InChI is InChI=1S/C16H19FN2O2/c1-11(2)19-10-12-8-9-18-16(15(12)17)21-14-6-4-13(20-3)5-7-14/h4-9,11,19H,10H2,1-3H3. The summed E-state index contributed by atoms with van der Waals surface area (Å²) in [5.41, 5.74) is 0.530. The number of pyridine rings is 1. The minimum absolute atomic E-state index is 0.0248. The molecule has 0 radical (unpaired) electrons. The van der Waals surface area contributed by atoms with Gasteiger partial charge in [-0.1, -0.05) is 13.8 Å². The number of nitrogens with zero attached hydrogens (tertiary/aromatic N) is 1. The molecule has 0 saturated heterocycles. The molecule has 0 amide bonds. The zero-order valence-electron chi connectivity index (χ0n) is 12.4. The molecule has 1 aromatic carbocycles. The van der Waals surface area contributed by atoms with Crippen LogP contribution < -0.4 is 14.8 Å². The minimum Gasteiger partial charge on any atom is -0.497 e. The second-order valence-electron chi connectivity index (χ2n) is 4.90. The topological polar surface area (TPSA) is 43.4 Å². The molecule has 21 heavy (non-hydrogen) atoms. The van der Waals surface area contributed by atoms with Crippen LogP contribution in [0.1, 0.15) is 19.4 Å². The first-order valence-corrected chi connectivity index (χ1v) is 6.79. The first-order valence-electron chi connectivity index (χ1n) is 6.79. The molecule has 0 aliphatic rings. The van der Waals surface area contributed by atoms with Crippen LogP contribution in [0.3, 0.4) is 0 Å². The summed E-state index contributed by atoms with van der Waals surface area (Å²) in [7, 11) is 1.59. The number of aromatic nitrogens is 1. The lowest BCUT2D eigenvalue weighted by Crippen LogP contribution is -2.22. The average molecular weight is 290 g/mol. The van der Waals surface area contributed by atoms with Gasteiger partial charge < -0.3 is 14.8 Å². The molecule has 4 nitrogen and oxygen atoms in total. The molecular weight excluding hydrogens is 271 g/mol. The van der Waals surface area contributed by atoms with Crippen molar-refractivity contribution in [2.45, 2.75) is 26.4 Å². The average Bonchev–Trinajstić information content (AvgIpc) is 2.49. The molecule has 5 heteroatoms. The van der Waals surface area contributed by atoms with Crippen molar-refractivity contribution in [2.24, 2.45) is 0 Å². The molecule has 2 rings (SSSR count). The molecule has 0 atom stereocenters. The van der Waals surface area contributed by atoms with Crippen molar-refractivity contribution < 1.29 is 13.9 Å². The number of nitrogens with one attached hydrogen (secondary N) is 1. The Balaban J connectivity index is 2.13. The highest BCUT2D eigenvalue weighted by molar-refractivity contribution is 5.34. The van der Waals surface area contributed by atoms with Crippen molar-refractivity contribution in [1.29, 1.82) is 0 Å². The van der Waals surface area contributed by atoms with Crippen molar-refractivity contribution in [3.63, 3.8) is 0 Å². The zero-order valence-corrected chi connectivity index (χ0v) is 12.4. The number of hydrogen-bond acceptors (Lipinski definition) is 4. The van der Waals surface area contributed by atoms with Gasteiger partial charge in [-0.3, -0.25) is 0 Å². The van der Waals surface area contributed by atoms with Crippen LogP contribution >= 0.6 is 0 Å². The Kier molecular flexibility index (Phi) is 5.11. The first-order chi connectivity index (χ1) is 10.1. The van der Waals surface area contributed by atoms with Gasteiger partial charge in [0, 0.05) is 24.3 Å². The Morgan fingerprint density at radius 1 is 1.14 bits per heavy atom. The smallest absolute Gasteiger partial charge is 0.256 e. The molecule has 0 saturated carbocycles. The van der Waals surface area contributed by atoms with Crippen molar-refractivity contribution in [3.05, 3.63) is 47.9 Å². The Morgan fingerprint density at radius 2 is 1.81 bits per heavy atom. The maximum Gasteiger partial charge on any atom is 0.256 e. The molecule has 1 heterocycles. The van der Waals surface area contributed by atoms with Crippen molar-refractivity contribution in [1.82, 2.24) is 10.3 Å². The largest absolute Gasteiger partial charge is 0.497 e. The van der Waals surface area contributed by atoms with Gasteiger partial charge in [-0.15, -0.1) is 0 Å². The highest BCUT2D eigenvalue weighted by Crippen LogP contribution is 2.25. The van der Waals surface area contributed by atoms with Gasteiger partial charge in [-0.25, -0.2) is 9.37 Å². The van der Waals surface area contributed by atoms with Crippen molar-refractivity contribution >= 4 is 0 Å². The number of methoxy groups -OCH3 is 1. The van der Waals surface area contributed by atoms with Crippen LogP contribution in [0, 0.1) is 5.82 Å². The monoisotopic (exact) mass is 290 g/mol. The molecule has 2 aromatic rings. The van der Waals surface area contributed by atoms with E-state index in [1.54, 1.807) is 43.6 Å². The van der Waals surface area contributed by atoms with E-state index in [-0.39, 0.29) is 11.9 Å². The van der Waals surface area contributed by atoms with E-state index >= 15 is 0 Å². The summed E-state index contributed by atoms with van der Waals surface area (Å²) >= 11 is 0. The first kappa shape index (κ1) is 15.3. The highest BCUT2D eigenvalue weighted by atomic mass is 19.1. The number of hydrogen-bond donors (Lipinski definition) is 1. The molecule has 0 unspecified atom stereocenters. The molecule has 0 fully saturated rings. The van der Waals surface area contributed by atoms with Crippen molar-refractivity contribution in [3.8, 4) is 17.4 Å². The number of benzene rings is 1. The lowest BCUT2D eigenvalue weighted by atomic mass is 10.2. The molecule has 112 valence electrons. The van der Waals surface area contributed by atoms with Crippen LogP contribution in [0.4, 0.5) is 4.39 Å². The van der Waals surface area contributed by atoms with E-state index in [0.29, 0.717) is 23.6 Å². The Hall–Kier alpha value is -2.14. The van der Waals surface area contributed by atoms with Gasteiger partial charge in [0.15, 0.2) is 5.82 Å². The van der Waals surface area contributed by atoms with Gasteiger partial charge in [0.05, 0.1) is 7.11 Å². The van der Waals surface area contributed by atoms with Crippen LogP contribution in [-0.4, -0.2) is 18.1 Å². The molecular formula is C16H19FN2O2. The zero-order chi connectivity index (χ0) is 15.2. The molecule has 0 aliphatic heterocycles. The lowest BCUT2D eigenvalue weighted by molar-refractivity contribution is 0.405. The van der Waals surface area contributed by atoms with Crippen molar-refractivity contribution in [2.75, 3.05) is 7.11 Å². The van der Waals surface area contributed by atoms with E-state index in [0.717, 1.165) is 0 Å². The van der Waals surface area contributed by atoms with Gasteiger partial charge >= 0.3 is 0 Å². The fourth-order valence-corrected chi connectivity index (χ4v) is 1.74. The lowest BCUT2D eigenvalue weighted by Gasteiger charge is -2.11. The second-order valence-corrected chi connectivity index (χ2v) is 4.90. The van der Waals surface area contributed by atoms with Gasteiger partial charge in [0.1, 0.15) is 11.5 Å². The fourth-order valence-electron chi connectivity index (χ4n) is 1.74. The summed E-state index contributed by atoms with van der Waals surface area (Å²) in [6.45, 7) is 4.45. The highest BCUT2D eigenvalue weighted by Gasteiger charge is 2.12. The van der Waals surface area contributed by atoms with Crippen LogP contribution in [-0.2, 0) is 6.54 Å². The van der Waals surface area contributed by atoms with E-state index in [9.17, 15) is 4.39 Å². The van der Waals surface area contributed by atoms with Gasteiger partial charge in [0.2, 0.25) is 0 Å². The van der Waals surface area contributed by atoms with Crippen LogP contribution in [0.2, 0.25) is 0 Å². The van der Waals surface area contributed by atoms with E-state index in [4.69, 9.17) is 9.47 Å². The summed E-state index contributed by atoms with van der Waals surface area (Å²) in [5, 5.41) is 3.17. The number of ether oxygens (including phenoxy) is 2. The summed E-state index contributed by atoms with van der Waals surface area (Å²) < 4.78 is 24.9. The van der Waals surface area contributed by atoms with E-state index in [1.807, 2.05) is 13.8 Å².